The van der Waals surface area contributed by atoms with Crippen LogP contribution in [0.15, 0.2) is 30.3 Å². The molecule has 0 bridgehead atoms. The largest absolute Gasteiger partial charge is 0.494 e. The van der Waals surface area contributed by atoms with Crippen molar-refractivity contribution in [2.75, 3.05) is 25.6 Å². The van der Waals surface area contributed by atoms with Crippen molar-refractivity contribution < 1.29 is 19.0 Å². The molecular weight excluding hydrogens is 364 g/mol. The van der Waals surface area contributed by atoms with Crippen LogP contribution in [0.2, 0.25) is 5.02 Å². The van der Waals surface area contributed by atoms with E-state index in [1.165, 1.54) is 11.3 Å². The Hall–Kier alpha value is -2.51. The Balaban J connectivity index is 1.62. The van der Waals surface area contributed by atoms with Crippen molar-refractivity contribution in [2.45, 2.75) is 0 Å². The van der Waals surface area contributed by atoms with Crippen LogP contribution in [0.4, 0.5) is 5.13 Å². The third kappa shape index (κ3) is 2.96. The molecule has 3 aromatic rings. The van der Waals surface area contributed by atoms with E-state index in [0.29, 0.717) is 51.7 Å². The van der Waals surface area contributed by atoms with Crippen LogP contribution < -0.4 is 19.5 Å². The Bertz CT molecular complexity index is 973. The lowest BCUT2D eigenvalue weighted by Gasteiger charge is -2.18. The fourth-order valence-corrected chi connectivity index (χ4v) is 3.68. The monoisotopic (exact) mass is 376 g/mol. The Kier molecular flexibility index (Phi) is 4.10. The molecule has 0 radical (unpaired) electrons. The van der Waals surface area contributed by atoms with Gasteiger partial charge in [0.05, 0.1) is 16.8 Å². The molecule has 8 heteroatoms. The van der Waals surface area contributed by atoms with Gasteiger partial charge in [-0.3, -0.25) is 10.1 Å². The van der Waals surface area contributed by atoms with Gasteiger partial charge in [0, 0.05) is 5.56 Å². The summed E-state index contributed by atoms with van der Waals surface area (Å²) in [7, 11) is 1.56. The molecule has 0 atom stereocenters. The molecule has 128 valence electrons. The summed E-state index contributed by atoms with van der Waals surface area (Å²) in [6.07, 6.45) is 0. The zero-order valence-electron chi connectivity index (χ0n) is 13.2. The zero-order valence-corrected chi connectivity index (χ0v) is 14.7. The number of ether oxygens (including phenoxy) is 3. The quantitative estimate of drug-likeness (QED) is 0.748. The number of nitrogens with zero attached hydrogens (tertiary/aromatic N) is 1. The van der Waals surface area contributed by atoms with Crippen molar-refractivity contribution in [3.63, 3.8) is 0 Å². The molecule has 4 rings (SSSR count). The number of carbonyl (C=O) groups excluding carboxylic acids is 1. The van der Waals surface area contributed by atoms with Gasteiger partial charge in [0.1, 0.15) is 24.5 Å². The molecule has 25 heavy (non-hydrogen) atoms. The minimum absolute atomic E-state index is 0.286. The van der Waals surface area contributed by atoms with E-state index in [1.807, 2.05) is 0 Å². The van der Waals surface area contributed by atoms with Crippen molar-refractivity contribution >= 4 is 44.2 Å². The van der Waals surface area contributed by atoms with E-state index >= 15 is 0 Å². The van der Waals surface area contributed by atoms with Crippen LogP contribution in [0.3, 0.4) is 0 Å². The summed E-state index contributed by atoms with van der Waals surface area (Å²) in [5.41, 5.74) is 1.08. The lowest BCUT2D eigenvalue weighted by Crippen LogP contribution is -2.17. The summed E-state index contributed by atoms with van der Waals surface area (Å²) >= 11 is 7.50. The standard InChI is InChI=1S/C17H13ClN2O4S/c1-22-12-5-3-10(18)15-14(12)19-17(25-15)20-16(21)9-2-4-11-13(8-9)24-7-6-23-11/h2-5,8H,6-7H2,1H3,(H,19,20,21). The van der Waals surface area contributed by atoms with Crippen LogP contribution in [0, 0.1) is 0 Å². The highest BCUT2D eigenvalue weighted by Gasteiger charge is 2.17. The van der Waals surface area contributed by atoms with Crippen LogP contribution in [0.5, 0.6) is 17.2 Å². The molecule has 1 aromatic heterocycles. The maximum Gasteiger partial charge on any atom is 0.257 e. The predicted molar refractivity (Wildman–Crippen MR) is 96.6 cm³/mol. The van der Waals surface area contributed by atoms with E-state index in [-0.39, 0.29) is 5.91 Å². The number of halogens is 1. The van der Waals surface area contributed by atoms with E-state index in [4.69, 9.17) is 25.8 Å². The highest BCUT2D eigenvalue weighted by molar-refractivity contribution is 7.23. The van der Waals surface area contributed by atoms with Crippen LogP contribution >= 0.6 is 22.9 Å². The number of thiazole rings is 1. The van der Waals surface area contributed by atoms with Crippen LogP contribution in [0.1, 0.15) is 10.4 Å². The summed E-state index contributed by atoms with van der Waals surface area (Å²) in [5, 5.41) is 3.80. The van der Waals surface area contributed by atoms with Gasteiger partial charge in [0.15, 0.2) is 16.6 Å². The van der Waals surface area contributed by atoms with Gasteiger partial charge >= 0.3 is 0 Å². The van der Waals surface area contributed by atoms with E-state index in [9.17, 15) is 4.79 Å². The number of rotatable bonds is 3. The zero-order chi connectivity index (χ0) is 17.4. The molecule has 1 aliphatic heterocycles. The number of carbonyl (C=O) groups is 1. The third-order valence-corrected chi connectivity index (χ3v) is 5.13. The number of benzene rings is 2. The third-order valence-electron chi connectivity index (χ3n) is 3.70. The Morgan fingerprint density at radius 2 is 2.04 bits per heavy atom. The highest BCUT2D eigenvalue weighted by atomic mass is 35.5. The van der Waals surface area contributed by atoms with Crippen molar-refractivity contribution in [3.05, 3.63) is 40.9 Å². The van der Waals surface area contributed by atoms with Crippen molar-refractivity contribution in [3.8, 4) is 17.2 Å². The van der Waals surface area contributed by atoms with Crippen molar-refractivity contribution in [1.82, 2.24) is 4.98 Å². The van der Waals surface area contributed by atoms with Gasteiger partial charge in [-0.2, -0.15) is 0 Å². The average molecular weight is 377 g/mol. The highest BCUT2D eigenvalue weighted by Crippen LogP contribution is 2.37. The normalized spacial score (nSPS) is 12.9. The van der Waals surface area contributed by atoms with Gasteiger partial charge in [-0.25, -0.2) is 4.98 Å². The van der Waals surface area contributed by atoms with Crippen LogP contribution in [0.25, 0.3) is 10.2 Å². The van der Waals surface area contributed by atoms with Gasteiger partial charge in [-0.1, -0.05) is 22.9 Å². The minimum atomic E-state index is -0.286. The number of hydrogen-bond acceptors (Lipinski definition) is 6. The average Bonchev–Trinajstić information content (AvgIpc) is 3.06. The lowest BCUT2D eigenvalue weighted by atomic mass is 10.2. The number of nitrogens with one attached hydrogen (secondary N) is 1. The molecule has 1 amide bonds. The summed E-state index contributed by atoms with van der Waals surface area (Å²) in [4.78, 5) is 16.9. The fourth-order valence-electron chi connectivity index (χ4n) is 2.52. The molecular formula is C17H13ClN2O4S. The summed E-state index contributed by atoms with van der Waals surface area (Å²) < 4.78 is 17.0. The van der Waals surface area contributed by atoms with Gasteiger partial charge in [-0.15, -0.1) is 0 Å². The molecule has 0 aliphatic carbocycles. The van der Waals surface area contributed by atoms with E-state index < -0.39 is 0 Å². The second kappa shape index (κ2) is 6.42. The topological polar surface area (TPSA) is 69.7 Å². The van der Waals surface area contributed by atoms with Gasteiger partial charge < -0.3 is 14.2 Å². The molecule has 0 saturated carbocycles. The Morgan fingerprint density at radius 3 is 2.84 bits per heavy atom. The van der Waals surface area contributed by atoms with Crippen molar-refractivity contribution in [2.24, 2.45) is 0 Å². The summed E-state index contributed by atoms with van der Waals surface area (Å²) in [6.45, 7) is 0.973. The van der Waals surface area contributed by atoms with Crippen LogP contribution in [-0.4, -0.2) is 31.2 Å². The number of amides is 1. The van der Waals surface area contributed by atoms with Crippen LogP contribution in [-0.2, 0) is 0 Å². The SMILES string of the molecule is COc1ccc(Cl)c2sc(NC(=O)c3ccc4c(c3)OCCO4)nc12. The molecule has 0 unspecified atom stereocenters. The predicted octanol–water partition coefficient (Wildman–Crippen LogP) is 3.98. The molecule has 0 spiro atoms. The number of fused-ring (bicyclic) bond motifs is 2. The first-order valence-corrected chi connectivity index (χ1v) is 8.69. The molecule has 2 heterocycles. The maximum absolute atomic E-state index is 12.5. The fraction of sp³-hybridized carbons (Fsp3) is 0.176. The lowest BCUT2D eigenvalue weighted by molar-refractivity contribution is 0.102. The summed E-state index contributed by atoms with van der Waals surface area (Å²) in [6, 6.07) is 8.56. The summed E-state index contributed by atoms with van der Waals surface area (Å²) in [5.74, 6) is 1.52. The van der Waals surface area contributed by atoms with Gasteiger partial charge in [0.25, 0.3) is 5.91 Å². The van der Waals surface area contributed by atoms with E-state index in [1.54, 1.807) is 37.4 Å². The second-order valence-electron chi connectivity index (χ2n) is 5.26. The number of hydrogen-bond donors (Lipinski definition) is 1. The second-order valence-corrected chi connectivity index (χ2v) is 6.67. The van der Waals surface area contributed by atoms with Gasteiger partial charge in [0.2, 0.25) is 0 Å². The first-order chi connectivity index (χ1) is 12.2. The molecule has 1 N–H and O–H groups in total. The molecule has 0 saturated heterocycles. The van der Waals surface area contributed by atoms with Crippen molar-refractivity contribution in [1.29, 1.82) is 0 Å². The number of anilines is 1. The Labute approximate surface area is 152 Å². The molecule has 1 aliphatic rings. The van der Waals surface area contributed by atoms with Gasteiger partial charge in [-0.05, 0) is 30.3 Å². The first-order valence-electron chi connectivity index (χ1n) is 7.50. The first kappa shape index (κ1) is 16.0. The number of methoxy groups -OCH3 is 1. The van der Waals surface area contributed by atoms with E-state index in [0.717, 1.165) is 4.70 Å². The molecule has 2 aromatic carbocycles. The molecule has 0 fully saturated rings. The smallest absolute Gasteiger partial charge is 0.257 e. The number of aromatic nitrogens is 1. The Morgan fingerprint density at radius 1 is 1.24 bits per heavy atom. The maximum atomic E-state index is 12.5. The van der Waals surface area contributed by atoms with E-state index in [2.05, 4.69) is 10.3 Å². The molecule has 6 nitrogen and oxygen atoms in total. The minimum Gasteiger partial charge on any atom is -0.494 e.